The van der Waals surface area contributed by atoms with Gasteiger partial charge in [0.05, 0.1) is 10.2 Å². The Morgan fingerprint density at radius 2 is 1.60 bits per heavy atom. The molecule has 1 atom stereocenters. The Labute approximate surface area is 95.9 Å². The van der Waals surface area contributed by atoms with Crippen LogP contribution in [0.2, 0.25) is 0 Å². The first kappa shape index (κ1) is 13.2. The van der Waals surface area contributed by atoms with Gasteiger partial charge in [0, 0.05) is 21.3 Å². The Balaban J connectivity index is 2.67. The molecule has 0 heterocycles. The Hall–Kier alpha value is 0.0969. The van der Waals surface area contributed by atoms with Gasteiger partial charge in [-0.3, -0.25) is 0 Å². The lowest BCUT2D eigenvalue weighted by atomic mass is 9.84. The number of rotatable bonds is 5. The fraction of sp³-hybridized carbons (Fsp3) is 1.00. The zero-order valence-electron chi connectivity index (χ0n) is 10.4. The van der Waals surface area contributed by atoms with Crippen LogP contribution in [-0.2, 0) is 14.2 Å². The summed E-state index contributed by atoms with van der Waals surface area (Å²) in [7, 11) is 6.02. The molecule has 1 aliphatic carbocycles. The standard InChI is InChI=1S/C11H24O3Si/c1-12-10(11(15,13-2)14-3)9-7-5-4-6-8-9/h9-10H,4-8H2,1-3,15H3. The fourth-order valence-electron chi connectivity index (χ4n) is 2.59. The minimum atomic E-state index is -0.475. The molecule has 15 heavy (non-hydrogen) atoms. The monoisotopic (exact) mass is 232 g/mol. The minimum Gasteiger partial charge on any atom is -0.376 e. The van der Waals surface area contributed by atoms with Crippen LogP contribution in [0.25, 0.3) is 0 Å². The predicted octanol–water partition coefficient (Wildman–Crippen LogP) is 0.894. The van der Waals surface area contributed by atoms with E-state index in [4.69, 9.17) is 14.2 Å². The van der Waals surface area contributed by atoms with Crippen molar-refractivity contribution in [3.05, 3.63) is 0 Å². The van der Waals surface area contributed by atoms with E-state index in [1.54, 1.807) is 21.3 Å². The third kappa shape index (κ3) is 3.03. The van der Waals surface area contributed by atoms with Crippen LogP contribution in [0.15, 0.2) is 0 Å². The topological polar surface area (TPSA) is 27.7 Å². The van der Waals surface area contributed by atoms with Crippen molar-refractivity contribution in [1.82, 2.24) is 0 Å². The minimum absolute atomic E-state index is 0.0967. The van der Waals surface area contributed by atoms with Crippen molar-refractivity contribution in [2.24, 2.45) is 5.92 Å². The van der Waals surface area contributed by atoms with Gasteiger partial charge in [0.15, 0.2) is 5.41 Å². The van der Waals surface area contributed by atoms with Crippen LogP contribution < -0.4 is 0 Å². The van der Waals surface area contributed by atoms with E-state index in [1.165, 1.54) is 32.1 Å². The molecular formula is C11H24O3Si. The van der Waals surface area contributed by atoms with Crippen LogP contribution in [0, 0.1) is 5.92 Å². The number of ether oxygens (including phenoxy) is 3. The van der Waals surface area contributed by atoms with Crippen LogP contribution >= 0.6 is 0 Å². The van der Waals surface area contributed by atoms with E-state index in [9.17, 15) is 0 Å². The summed E-state index contributed by atoms with van der Waals surface area (Å²) in [6.07, 6.45) is 6.58. The molecule has 0 spiro atoms. The van der Waals surface area contributed by atoms with E-state index in [0.717, 1.165) is 10.2 Å². The molecule has 90 valence electrons. The van der Waals surface area contributed by atoms with Crippen molar-refractivity contribution in [3.63, 3.8) is 0 Å². The predicted molar refractivity (Wildman–Crippen MR) is 64.1 cm³/mol. The first-order valence-corrected chi connectivity index (χ1v) is 6.81. The molecule has 1 saturated carbocycles. The molecule has 3 nitrogen and oxygen atoms in total. The highest BCUT2D eigenvalue weighted by Gasteiger charge is 2.40. The Bertz CT molecular complexity index is 177. The SMILES string of the molecule is COC(C1CCCCC1)C([SiH3])(OC)OC. The van der Waals surface area contributed by atoms with E-state index < -0.39 is 5.41 Å². The highest BCUT2D eigenvalue weighted by molar-refractivity contribution is 6.13. The van der Waals surface area contributed by atoms with Crippen molar-refractivity contribution >= 4 is 10.2 Å². The molecule has 0 radical (unpaired) electrons. The zero-order chi connectivity index (χ0) is 11.3. The van der Waals surface area contributed by atoms with Gasteiger partial charge in [0.25, 0.3) is 0 Å². The fourth-order valence-corrected chi connectivity index (χ4v) is 3.29. The summed E-state index contributed by atoms with van der Waals surface area (Å²) < 4.78 is 16.6. The second-order valence-corrected chi connectivity index (χ2v) is 5.87. The van der Waals surface area contributed by atoms with Gasteiger partial charge in [-0.05, 0) is 18.8 Å². The second kappa shape index (κ2) is 5.99. The number of methoxy groups -OCH3 is 3. The Morgan fingerprint density at radius 3 is 2.00 bits per heavy atom. The highest BCUT2D eigenvalue weighted by atomic mass is 28.1. The van der Waals surface area contributed by atoms with E-state index >= 15 is 0 Å². The summed E-state index contributed by atoms with van der Waals surface area (Å²) in [5.41, 5.74) is -0.475. The van der Waals surface area contributed by atoms with Gasteiger partial charge in [-0.15, -0.1) is 0 Å². The van der Waals surface area contributed by atoms with Gasteiger partial charge >= 0.3 is 0 Å². The molecule has 1 aliphatic rings. The molecule has 1 fully saturated rings. The molecule has 4 heteroatoms. The normalized spacial score (nSPS) is 21.8. The van der Waals surface area contributed by atoms with Crippen molar-refractivity contribution in [2.45, 2.75) is 43.6 Å². The van der Waals surface area contributed by atoms with Gasteiger partial charge in [-0.25, -0.2) is 0 Å². The lowest BCUT2D eigenvalue weighted by Gasteiger charge is -2.40. The molecule has 0 aromatic heterocycles. The lowest BCUT2D eigenvalue weighted by molar-refractivity contribution is -0.224. The Morgan fingerprint density at radius 1 is 1.07 bits per heavy atom. The summed E-state index contributed by atoms with van der Waals surface area (Å²) in [6.45, 7) is 0. The largest absolute Gasteiger partial charge is 0.376 e. The number of hydrogen-bond donors (Lipinski definition) is 0. The summed E-state index contributed by atoms with van der Waals surface area (Å²) in [5, 5.41) is 0. The van der Waals surface area contributed by atoms with Crippen LogP contribution in [0.1, 0.15) is 32.1 Å². The first-order chi connectivity index (χ1) is 7.18. The maximum Gasteiger partial charge on any atom is 0.166 e. The molecule has 1 unspecified atom stereocenters. The van der Waals surface area contributed by atoms with Crippen molar-refractivity contribution in [2.75, 3.05) is 21.3 Å². The van der Waals surface area contributed by atoms with E-state index in [1.807, 2.05) is 0 Å². The highest BCUT2D eigenvalue weighted by Crippen LogP contribution is 2.33. The van der Waals surface area contributed by atoms with Crippen molar-refractivity contribution in [3.8, 4) is 0 Å². The lowest BCUT2D eigenvalue weighted by Crippen LogP contribution is -2.51. The van der Waals surface area contributed by atoms with Gasteiger partial charge < -0.3 is 14.2 Å². The third-order valence-electron chi connectivity index (χ3n) is 3.66. The van der Waals surface area contributed by atoms with Crippen LogP contribution in [0.5, 0.6) is 0 Å². The summed E-state index contributed by atoms with van der Waals surface area (Å²) in [5.74, 6) is 0.598. The zero-order valence-corrected chi connectivity index (χ0v) is 12.4. The van der Waals surface area contributed by atoms with E-state index in [2.05, 4.69) is 0 Å². The van der Waals surface area contributed by atoms with Crippen LogP contribution in [0.3, 0.4) is 0 Å². The molecule has 0 saturated heterocycles. The smallest absolute Gasteiger partial charge is 0.166 e. The van der Waals surface area contributed by atoms with Gasteiger partial charge in [-0.1, -0.05) is 19.3 Å². The maximum absolute atomic E-state index is 5.62. The average Bonchev–Trinajstić information content (AvgIpc) is 2.31. The summed E-state index contributed by atoms with van der Waals surface area (Å²) >= 11 is 0. The average molecular weight is 232 g/mol. The molecule has 0 bridgehead atoms. The molecular weight excluding hydrogens is 208 g/mol. The van der Waals surface area contributed by atoms with Crippen LogP contribution in [-0.4, -0.2) is 43.1 Å². The maximum atomic E-state index is 5.62. The van der Waals surface area contributed by atoms with Gasteiger partial charge in [-0.2, -0.15) is 0 Å². The molecule has 0 aromatic rings. The molecule has 0 amide bonds. The first-order valence-electron chi connectivity index (χ1n) is 5.81. The van der Waals surface area contributed by atoms with E-state index in [0.29, 0.717) is 5.92 Å². The second-order valence-electron chi connectivity index (χ2n) is 4.48. The summed E-state index contributed by atoms with van der Waals surface area (Å²) in [6, 6.07) is 0. The molecule has 0 aliphatic heterocycles. The Kier molecular flexibility index (Phi) is 5.25. The third-order valence-corrected chi connectivity index (χ3v) is 5.04. The number of hydrogen-bond acceptors (Lipinski definition) is 3. The quantitative estimate of drug-likeness (QED) is 0.520. The van der Waals surface area contributed by atoms with E-state index in [-0.39, 0.29) is 6.10 Å². The molecule has 0 aromatic carbocycles. The molecule has 0 N–H and O–H groups in total. The molecule has 1 rings (SSSR count). The summed E-state index contributed by atoms with van der Waals surface area (Å²) in [4.78, 5) is 0. The van der Waals surface area contributed by atoms with Gasteiger partial charge in [0.1, 0.15) is 6.10 Å². The van der Waals surface area contributed by atoms with Crippen molar-refractivity contribution < 1.29 is 14.2 Å². The van der Waals surface area contributed by atoms with Crippen LogP contribution in [0.4, 0.5) is 0 Å². The van der Waals surface area contributed by atoms with Crippen molar-refractivity contribution in [1.29, 1.82) is 0 Å². The van der Waals surface area contributed by atoms with Gasteiger partial charge in [0.2, 0.25) is 0 Å².